The van der Waals surface area contributed by atoms with Gasteiger partial charge in [0, 0.05) is 18.0 Å². The summed E-state index contributed by atoms with van der Waals surface area (Å²) in [6.45, 7) is -0.213. The number of amides is 1. The Kier molecular flexibility index (Phi) is 4.16. The number of aliphatic hydroxyl groups is 1. The van der Waals surface area contributed by atoms with Crippen molar-refractivity contribution < 1.29 is 9.90 Å². The molecule has 0 radical (unpaired) electrons. The Morgan fingerprint density at radius 1 is 1.37 bits per heavy atom. The molecule has 0 saturated carbocycles. The number of carbonyl (C=O) groups excluding carboxylic acids is 1. The SMILES string of the molecule is O=C(Nc1cccnn1)c1ccc(C#CCO)cn1. The van der Waals surface area contributed by atoms with Crippen LogP contribution in [0, 0.1) is 11.8 Å². The van der Waals surface area contributed by atoms with Crippen LogP contribution in [0.2, 0.25) is 0 Å². The first kappa shape index (κ1) is 12.7. The molecule has 0 fully saturated rings. The molecule has 0 bridgehead atoms. The van der Waals surface area contributed by atoms with Crippen molar-refractivity contribution in [1.82, 2.24) is 15.2 Å². The summed E-state index contributed by atoms with van der Waals surface area (Å²) in [5.41, 5.74) is 0.880. The van der Waals surface area contributed by atoms with Gasteiger partial charge in [0.2, 0.25) is 0 Å². The molecule has 6 nitrogen and oxygen atoms in total. The summed E-state index contributed by atoms with van der Waals surface area (Å²) < 4.78 is 0. The second-order valence-electron chi connectivity index (χ2n) is 3.46. The van der Waals surface area contributed by atoms with E-state index in [-0.39, 0.29) is 18.2 Å². The fourth-order valence-electron chi connectivity index (χ4n) is 1.29. The minimum Gasteiger partial charge on any atom is -0.384 e. The van der Waals surface area contributed by atoms with Gasteiger partial charge in [-0.1, -0.05) is 11.8 Å². The summed E-state index contributed by atoms with van der Waals surface area (Å²) >= 11 is 0. The number of anilines is 1. The summed E-state index contributed by atoms with van der Waals surface area (Å²) in [5, 5.41) is 18.5. The monoisotopic (exact) mass is 254 g/mol. The lowest BCUT2D eigenvalue weighted by atomic mass is 10.2. The van der Waals surface area contributed by atoms with E-state index in [9.17, 15) is 4.79 Å². The number of rotatable bonds is 2. The molecule has 0 aliphatic carbocycles. The Bertz CT molecular complexity index is 615. The zero-order valence-corrected chi connectivity index (χ0v) is 9.87. The highest BCUT2D eigenvalue weighted by atomic mass is 16.2. The maximum absolute atomic E-state index is 11.8. The zero-order chi connectivity index (χ0) is 13.5. The van der Waals surface area contributed by atoms with Gasteiger partial charge in [-0.05, 0) is 24.3 Å². The van der Waals surface area contributed by atoms with Crippen LogP contribution in [0.15, 0.2) is 36.7 Å². The molecule has 2 rings (SSSR count). The second-order valence-corrected chi connectivity index (χ2v) is 3.46. The van der Waals surface area contributed by atoms with Gasteiger partial charge in [-0.3, -0.25) is 4.79 Å². The summed E-state index contributed by atoms with van der Waals surface area (Å²) in [4.78, 5) is 15.8. The van der Waals surface area contributed by atoms with E-state index >= 15 is 0 Å². The van der Waals surface area contributed by atoms with Crippen LogP contribution < -0.4 is 5.32 Å². The van der Waals surface area contributed by atoms with Gasteiger partial charge in [0.25, 0.3) is 5.91 Å². The highest BCUT2D eigenvalue weighted by molar-refractivity contribution is 6.02. The largest absolute Gasteiger partial charge is 0.384 e. The molecule has 0 aromatic carbocycles. The van der Waals surface area contributed by atoms with E-state index in [1.807, 2.05) is 0 Å². The van der Waals surface area contributed by atoms with E-state index in [1.54, 1.807) is 24.3 Å². The number of pyridine rings is 1. The maximum atomic E-state index is 11.8. The van der Waals surface area contributed by atoms with E-state index in [2.05, 4.69) is 32.3 Å². The number of nitrogens with one attached hydrogen (secondary N) is 1. The maximum Gasteiger partial charge on any atom is 0.275 e. The van der Waals surface area contributed by atoms with E-state index < -0.39 is 0 Å². The number of aliphatic hydroxyl groups excluding tert-OH is 1. The third kappa shape index (κ3) is 3.59. The molecule has 0 unspecified atom stereocenters. The van der Waals surface area contributed by atoms with Crippen molar-refractivity contribution in [2.75, 3.05) is 11.9 Å². The number of aromatic nitrogens is 3. The second kappa shape index (κ2) is 6.23. The highest BCUT2D eigenvalue weighted by Gasteiger charge is 2.07. The minimum atomic E-state index is -0.373. The lowest BCUT2D eigenvalue weighted by Gasteiger charge is -2.02. The average Bonchev–Trinajstić information content (AvgIpc) is 2.46. The first-order valence-electron chi connectivity index (χ1n) is 5.44. The van der Waals surface area contributed by atoms with Crippen LogP contribution in [0.4, 0.5) is 5.82 Å². The van der Waals surface area contributed by atoms with Gasteiger partial charge in [0.05, 0.1) is 0 Å². The zero-order valence-electron chi connectivity index (χ0n) is 9.87. The van der Waals surface area contributed by atoms with Crippen LogP contribution in [0.5, 0.6) is 0 Å². The number of carbonyl (C=O) groups is 1. The van der Waals surface area contributed by atoms with Crippen molar-refractivity contribution in [1.29, 1.82) is 0 Å². The van der Waals surface area contributed by atoms with Crippen molar-refractivity contribution in [3.05, 3.63) is 47.9 Å². The predicted molar refractivity (Wildman–Crippen MR) is 68.2 cm³/mol. The van der Waals surface area contributed by atoms with Crippen molar-refractivity contribution in [2.24, 2.45) is 0 Å². The van der Waals surface area contributed by atoms with Gasteiger partial charge in [0.1, 0.15) is 12.3 Å². The van der Waals surface area contributed by atoms with Crippen molar-refractivity contribution in [2.45, 2.75) is 0 Å². The van der Waals surface area contributed by atoms with Crippen molar-refractivity contribution >= 4 is 11.7 Å². The molecular formula is C13H10N4O2. The predicted octanol–water partition coefficient (Wildman–Crippen LogP) is 0.468. The number of hydrogen-bond acceptors (Lipinski definition) is 5. The van der Waals surface area contributed by atoms with Gasteiger partial charge in [-0.2, -0.15) is 5.10 Å². The first-order valence-corrected chi connectivity index (χ1v) is 5.44. The summed E-state index contributed by atoms with van der Waals surface area (Å²) in [7, 11) is 0. The fourth-order valence-corrected chi connectivity index (χ4v) is 1.29. The number of nitrogens with zero attached hydrogens (tertiary/aromatic N) is 3. The summed E-state index contributed by atoms with van der Waals surface area (Å²) in [6, 6.07) is 6.50. The van der Waals surface area contributed by atoms with E-state index in [0.717, 1.165) is 0 Å². The van der Waals surface area contributed by atoms with Crippen LogP contribution >= 0.6 is 0 Å². The molecule has 0 saturated heterocycles. The Morgan fingerprint density at radius 2 is 2.26 bits per heavy atom. The molecule has 0 spiro atoms. The Labute approximate surface area is 109 Å². The van der Waals surface area contributed by atoms with Crippen LogP contribution in [-0.4, -0.2) is 32.8 Å². The molecule has 2 N–H and O–H groups in total. The molecule has 2 aromatic heterocycles. The van der Waals surface area contributed by atoms with E-state index in [1.165, 1.54) is 12.4 Å². The fraction of sp³-hybridized carbons (Fsp3) is 0.0769. The molecule has 94 valence electrons. The van der Waals surface area contributed by atoms with Crippen LogP contribution in [0.1, 0.15) is 16.1 Å². The lowest BCUT2D eigenvalue weighted by molar-refractivity contribution is 0.102. The number of hydrogen-bond donors (Lipinski definition) is 2. The van der Waals surface area contributed by atoms with Gasteiger partial charge < -0.3 is 10.4 Å². The third-order valence-corrected chi connectivity index (χ3v) is 2.12. The van der Waals surface area contributed by atoms with Gasteiger partial charge in [-0.25, -0.2) is 4.98 Å². The quantitative estimate of drug-likeness (QED) is 0.760. The molecule has 0 atom stereocenters. The first-order chi connectivity index (χ1) is 9.29. The Hall–Kier alpha value is -2.78. The normalized spacial score (nSPS) is 9.32. The van der Waals surface area contributed by atoms with Gasteiger partial charge >= 0.3 is 0 Å². The Morgan fingerprint density at radius 3 is 2.89 bits per heavy atom. The minimum absolute atomic E-state index is 0.213. The molecule has 0 aliphatic rings. The van der Waals surface area contributed by atoms with Crippen molar-refractivity contribution in [3.8, 4) is 11.8 Å². The van der Waals surface area contributed by atoms with Crippen molar-refractivity contribution in [3.63, 3.8) is 0 Å². The smallest absolute Gasteiger partial charge is 0.275 e. The molecular weight excluding hydrogens is 244 g/mol. The molecule has 2 heterocycles. The highest BCUT2D eigenvalue weighted by Crippen LogP contribution is 2.03. The lowest BCUT2D eigenvalue weighted by Crippen LogP contribution is -2.14. The average molecular weight is 254 g/mol. The molecule has 0 aliphatic heterocycles. The summed E-state index contributed by atoms with van der Waals surface area (Å²) in [5.74, 6) is 5.18. The molecule has 19 heavy (non-hydrogen) atoms. The molecule has 6 heteroatoms. The third-order valence-electron chi connectivity index (χ3n) is 2.12. The van der Waals surface area contributed by atoms with Gasteiger partial charge in [0.15, 0.2) is 5.82 Å². The topological polar surface area (TPSA) is 88.0 Å². The molecule has 1 amide bonds. The van der Waals surface area contributed by atoms with E-state index in [4.69, 9.17) is 5.11 Å². The summed E-state index contributed by atoms with van der Waals surface area (Å²) in [6.07, 6.45) is 2.98. The van der Waals surface area contributed by atoms with Crippen LogP contribution in [-0.2, 0) is 0 Å². The molecule has 2 aromatic rings. The standard InChI is InChI=1S/C13H10N4O2/c18-8-2-3-10-5-6-11(14-9-10)13(19)16-12-4-1-7-15-17-12/h1,4-7,9,18H,8H2,(H,16,17,19). The van der Waals surface area contributed by atoms with Gasteiger partial charge in [-0.15, -0.1) is 5.10 Å². The Balaban J connectivity index is 2.08. The van der Waals surface area contributed by atoms with Crippen LogP contribution in [0.25, 0.3) is 0 Å². The van der Waals surface area contributed by atoms with Crippen LogP contribution in [0.3, 0.4) is 0 Å². The van der Waals surface area contributed by atoms with E-state index in [0.29, 0.717) is 11.4 Å².